The SMILES string of the molecule is C=CC1OC1CCCCO[Si](c1ccccc1)(c1ccccc1)C(C)(C)C. The number of hydrogen-bond donors (Lipinski definition) is 0. The Morgan fingerprint density at radius 2 is 1.52 bits per heavy atom. The molecule has 2 unspecified atom stereocenters. The first-order valence-corrected chi connectivity index (χ1v) is 11.9. The smallest absolute Gasteiger partial charge is 0.261 e. The van der Waals surface area contributed by atoms with Crippen LogP contribution < -0.4 is 10.4 Å². The van der Waals surface area contributed by atoms with Crippen LogP contribution in [-0.4, -0.2) is 27.1 Å². The van der Waals surface area contributed by atoms with Gasteiger partial charge in [-0.1, -0.05) is 87.5 Å². The zero-order chi connectivity index (χ0) is 19.3. The third-order valence-electron chi connectivity index (χ3n) is 5.47. The maximum Gasteiger partial charge on any atom is 0.261 e. The van der Waals surface area contributed by atoms with Gasteiger partial charge in [-0.25, -0.2) is 0 Å². The fourth-order valence-electron chi connectivity index (χ4n) is 4.03. The lowest BCUT2D eigenvalue weighted by atomic mass is 10.1. The van der Waals surface area contributed by atoms with Crippen LogP contribution in [0.15, 0.2) is 73.3 Å². The van der Waals surface area contributed by atoms with Crippen LogP contribution in [0, 0.1) is 0 Å². The van der Waals surface area contributed by atoms with Crippen molar-refractivity contribution in [3.63, 3.8) is 0 Å². The van der Waals surface area contributed by atoms with Crippen molar-refractivity contribution < 1.29 is 9.16 Å². The van der Waals surface area contributed by atoms with Crippen LogP contribution in [0.2, 0.25) is 5.04 Å². The molecule has 2 aromatic carbocycles. The van der Waals surface area contributed by atoms with E-state index in [0.29, 0.717) is 6.10 Å². The number of benzene rings is 2. The summed E-state index contributed by atoms with van der Waals surface area (Å²) >= 11 is 0. The van der Waals surface area contributed by atoms with E-state index in [0.717, 1.165) is 25.9 Å². The monoisotopic (exact) mass is 380 g/mol. The average Bonchev–Trinajstić information content (AvgIpc) is 3.44. The number of unbranched alkanes of at least 4 members (excludes halogenated alkanes) is 1. The summed E-state index contributed by atoms with van der Waals surface area (Å²) in [6.07, 6.45) is 5.86. The van der Waals surface area contributed by atoms with Gasteiger partial charge in [0.15, 0.2) is 0 Å². The Labute approximate surface area is 165 Å². The molecule has 0 aliphatic carbocycles. The van der Waals surface area contributed by atoms with Crippen LogP contribution >= 0.6 is 0 Å². The molecule has 0 radical (unpaired) electrons. The Morgan fingerprint density at radius 1 is 0.963 bits per heavy atom. The Morgan fingerprint density at radius 3 is 1.96 bits per heavy atom. The highest BCUT2D eigenvalue weighted by molar-refractivity contribution is 6.99. The fourth-order valence-corrected chi connectivity index (χ4v) is 8.64. The van der Waals surface area contributed by atoms with Crippen molar-refractivity contribution in [2.75, 3.05) is 6.61 Å². The highest BCUT2D eigenvalue weighted by Crippen LogP contribution is 2.37. The lowest BCUT2D eigenvalue weighted by Crippen LogP contribution is -2.66. The van der Waals surface area contributed by atoms with E-state index in [9.17, 15) is 0 Å². The molecule has 0 N–H and O–H groups in total. The van der Waals surface area contributed by atoms with Crippen LogP contribution in [-0.2, 0) is 9.16 Å². The molecule has 2 nitrogen and oxygen atoms in total. The molecule has 0 spiro atoms. The second kappa shape index (κ2) is 8.55. The summed E-state index contributed by atoms with van der Waals surface area (Å²) in [6, 6.07) is 21.7. The average molecular weight is 381 g/mol. The Bertz CT molecular complexity index is 682. The van der Waals surface area contributed by atoms with Crippen LogP contribution in [0.5, 0.6) is 0 Å². The predicted octanol–water partition coefficient (Wildman–Crippen LogP) is 4.69. The molecule has 1 aliphatic heterocycles. The summed E-state index contributed by atoms with van der Waals surface area (Å²) in [4.78, 5) is 0. The van der Waals surface area contributed by atoms with Crippen molar-refractivity contribution in [1.82, 2.24) is 0 Å². The van der Waals surface area contributed by atoms with Crippen LogP contribution in [0.3, 0.4) is 0 Å². The van der Waals surface area contributed by atoms with Crippen molar-refractivity contribution in [2.24, 2.45) is 0 Å². The Kier molecular flexibility index (Phi) is 6.35. The van der Waals surface area contributed by atoms with Gasteiger partial charge in [0.1, 0.15) is 6.10 Å². The normalized spacial score (nSPS) is 19.7. The molecule has 1 heterocycles. The van der Waals surface area contributed by atoms with Crippen molar-refractivity contribution in [2.45, 2.75) is 57.3 Å². The van der Waals surface area contributed by atoms with E-state index < -0.39 is 8.32 Å². The van der Waals surface area contributed by atoms with Gasteiger partial charge in [0, 0.05) is 6.61 Å². The summed E-state index contributed by atoms with van der Waals surface area (Å²) < 4.78 is 12.5. The number of epoxide rings is 1. The minimum absolute atomic E-state index is 0.0449. The molecule has 144 valence electrons. The number of rotatable bonds is 9. The van der Waals surface area contributed by atoms with Crippen molar-refractivity contribution in [3.05, 3.63) is 73.3 Å². The van der Waals surface area contributed by atoms with Crippen molar-refractivity contribution in [3.8, 4) is 0 Å². The van der Waals surface area contributed by atoms with Gasteiger partial charge in [-0.15, -0.1) is 6.58 Å². The van der Waals surface area contributed by atoms with E-state index in [2.05, 4.69) is 88.0 Å². The standard InChI is InChI=1S/C24H32O2Si/c1-5-22-23(26-22)18-12-13-19-25-27(24(2,3)4,20-14-8-6-9-15-20)21-16-10-7-11-17-21/h5-11,14-17,22-23H,1,12-13,18-19H2,2-4H3. The third kappa shape index (κ3) is 4.42. The van der Waals surface area contributed by atoms with Crippen LogP contribution in [0.25, 0.3) is 0 Å². The van der Waals surface area contributed by atoms with E-state index in [4.69, 9.17) is 9.16 Å². The van der Waals surface area contributed by atoms with Crippen molar-refractivity contribution in [1.29, 1.82) is 0 Å². The molecule has 1 fully saturated rings. The molecular weight excluding hydrogens is 348 g/mol. The highest BCUT2D eigenvalue weighted by atomic mass is 28.4. The Hall–Kier alpha value is -1.68. The number of ether oxygens (including phenoxy) is 1. The van der Waals surface area contributed by atoms with Crippen LogP contribution in [0.1, 0.15) is 40.0 Å². The molecular formula is C24H32O2Si. The second-order valence-corrected chi connectivity index (χ2v) is 12.7. The molecule has 0 saturated carbocycles. The van der Waals surface area contributed by atoms with Gasteiger partial charge in [0.2, 0.25) is 0 Å². The predicted molar refractivity (Wildman–Crippen MR) is 116 cm³/mol. The summed E-state index contributed by atoms with van der Waals surface area (Å²) in [6.45, 7) is 11.6. The maximum atomic E-state index is 6.90. The first-order chi connectivity index (χ1) is 13.0. The molecule has 2 atom stereocenters. The van der Waals surface area contributed by atoms with Crippen molar-refractivity contribution >= 4 is 18.7 Å². The summed E-state index contributed by atoms with van der Waals surface area (Å²) in [7, 11) is -2.38. The van der Waals surface area contributed by atoms with E-state index >= 15 is 0 Å². The molecule has 0 aromatic heterocycles. The largest absolute Gasteiger partial charge is 0.407 e. The van der Waals surface area contributed by atoms with Gasteiger partial charge in [-0.05, 0) is 34.7 Å². The highest BCUT2D eigenvalue weighted by Gasteiger charge is 2.49. The number of hydrogen-bond acceptors (Lipinski definition) is 2. The van der Waals surface area contributed by atoms with Crippen LogP contribution in [0.4, 0.5) is 0 Å². The zero-order valence-corrected chi connectivity index (χ0v) is 17.9. The maximum absolute atomic E-state index is 6.90. The third-order valence-corrected chi connectivity index (χ3v) is 10.5. The first-order valence-electron chi connectivity index (χ1n) is 10.0. The minimum Gasteiger partial charge on any atom is -0.407 e. The van der Waals surface area contributed by atoms with E-state index in [1.165, 1.54) is 10.4 Å². The first kappa shape index (κ1) is 20.1. The van der Waals surface area contributed by atoms with E-state index in [-0.39, 0.29) is 11.1 Å². The van der Waals surface area contributed by atoms with Gasteiger partial charge in [-0.2, -0.15) is 0 Å². The summed E-state index contributed by atoms with van der Waals surface area (Å²) in [5.74, 6) is 0. The molecule has 27 heavy (non-hydrogen) atoms. The van der Waals surface area contributed by atoms with Gasteiger partial charge in [-0.3, -0.25) is 0 Å². The lowest BCUT2D eigenvalue weighted by Gasteiger charge is -2.43. The topological polar surface area (TPSA) is 21.8 Å². The quantitative estimate of drug-likeness (QED) is 0.272. The zero-order valence-electron chi connectivity index (χ0n) is 16.9. The molecule has 2 aromatic rings. The lowest BCUT2D eigenvalue weighted by molar-refractivity contribution is 0.282. The minimum atomic E-state index is -2.38. The fraction of sp³-hybridized carbons (Fsp3) is 0.417. The van der Waals surface area contributed by atoms with Gasteiger partial charge in [0.25, 0.3) is 8.32 Å². The molecule has 3 rings (SSSR count). The summed E-state index contributed by atoms with van der Waals surface area (Å²) in [5, 5.41) is 2.74. The molecule has 1 aliphatic rings. The van der Waals surface area contributed by atoms with Gasteiger partial charge < -0.3 is 9.16 Å². The molecule has 0 amide bonds. The van der Waals surface area contributed by atoms with Gasteiger partial charge >= 0.3 is 0 Å². The molecule has 1 saturated heterocycles. The van der Waals surface area contributed by atoms with E-state index in [1.54, 1.807) is 0 Å². The van der Waals surface area contributed by atoms with E-state index in [1.807, 2.05) is 6.08 Å². The molecule has 0 bridgehead atoms. The summed E-state index contributed by atoms with van der Waals surface area (Å²) in [5.41, 5.74) is 0. The molecule has 3 heteroatoms. The second-order valence-electron chi connectivity index (χ2n) is 8.38. The van der Waals surface area contributed by atoms with Gasteiger partial charge in [0.05, 0.1) is 6.10 Å². The Balaban J connectivity index is 1.78.